The average molecular weight is 533 g/mol. The lowest BCUT2D eigenvalue weighted by atomic mass is 9.87. The van der Waals surface area contributed by atoms with Crippen molar-refractivity contribution in [3.63, 3.8) is 0 Å². The number of amides is 2. The molecule has 0 spiro atoms. The monoisotopic (exact) mass is 532 g/mol. The highest BCUT2D eigenvalue weighted by Crippen LogP contribution is 2.33. The lowest BCUT2D eigenvalue weighted by Gasteiger charge is -2.29. The molecule has 2 amide bonds. The van der Waals surface area contributed by atoms with Gasteiger partial charge in [-0.1, -0.05) is 30.2 Å². The van der Waals surface area contributed by atoms with Gasteiger partial charge in [-0.25, -0.2) is 0 Å². The van der Waals surface area contributed by atoms with Gasteiger partial charge in [0.2, 0.25) is 11.8 Å². The molecule has 1 unspecified atom stereocenters. The number of nitrogens with zero attached hydrogens (tertiary/aromatic N) is 4. The van der Waals surface area contributed by atoms with E-state index in [2.05, 4.69) is 50.7 Å². The number of carbonyl (C=O) groups is 2. The minimum atomic E-state index is -0.993. The Balaban J connectivity index is 1.11. The first-order valence-electron chi connectivity index (χ1n) is 13.7. The zero-order chi connectivity index (χ0) is 27.7. The number of anilines is 1. The second kappa shape index (κ2) is 10.6. The minimum Gasteiger partial charge on any atom is -0.338 e. The first-order chi connectivity index (χ1) is 19.4. The zero-order valence-corrected chi connectivity index (χ0v) is 22.6. The molecule has 8 heteroatoms. The number of rotatable bonds is 6. The topological polar surface area (TPSA) is 94.2 Å². The maximum absolute atomic E-state index is 13.5. The van der Waals surface area contributed by atoms with Crippen LogP contribution < -0.4 is 5.32 Å². The molecule has 0 saturated carbocycles. The van der Waals surface area contributed by atoms with E-state index in [0.717, 1.165) is 40.7 Å². The highest BCUT2D eigenvalue weighted by atomic mass is 16.2. The highest BCUT2D eigenvalue weighted by molar-refractivity contribution is 6.01. The third-order valence-electron chi connectivity index (χ3n) is 8.11. The largest absolute Gasteiger partial charge is 0.338 e. The third kappa shape index (κ3) is 4.96. The molecule has 3 aromatic rings. The van der Waals surface area contributed by atoms with E-state index in [0.29, 0.717) is 38.3 Å². The van der Waals surface area contributed by atoms with Crippen LogP contribution in [0.15, 0.2) is 72.0 Å². The third-order valence-corrected chi connectivity index (χ3v) is 8.11. The molecule has 6 rings (SSSR count). The van der Waals surface area contributed by atoms with Crippen molar-refractivity contribution in [2.24, 2.45) is 5.41 Å². The number of carbonyl (C=O) groups excluding carboxylic acids is 2. The fourth-order valence-corrected chi connectivity index (χ4v) is 5.79. The summed E-state index contributed by atoms with van der Waals surface area (Å²) in [5.41, 5.74) is 5.78. The van der Waals surface area contributed by atoms with Gasteiger partial charge in [0.1, 0.15) is 11.1 Å². The van der Waals surface area contributed by atoms with Crippen LogP contribution in [0, 0.1) is 24.7 Å². The van der Waals surface area contributed by atoms with Gasteiger partial charge in [-0.15, -0.1) is 6.42 Å². The summed E-state index contributed by atoms with van der Waals surface area (Å²) < 4.78 is 0. The number of nitrogens with one attached hydrogen (secondary N) is 2. The molecule has 2 N–H and O–H groups in total. The Morgan fingerprint density at radius 3 is 2.85 bits per heavy atom. The molecule has 40 heavy (non-hydrogen) atoms. The summed E-state index contributed by atoms with van der Waals surface area (Å²) in [6.07, 6.45) is 18.8. The van der Waals surface area contributed by atoms with Gasteiger partial charge >= 0.3 is 0 Å². The molecule has 2 aromatic heterocycles. The second-order valence-corrected chi connectivity index (χ2v) is 10.8. The molecule has 3 aliphatic rings. The number of H-pyrrole nitrogens is 1. The van der Waals surface area contributed by atoms with E-state index in [9.17, 15) is 9.59 Å². The Bertz CT molecular complexity index is 1620. The van der Waals surface area contributed by atoms with E-state index in [1.165, 1.54) is 11.1 Å². The SMILES string of the molecule is C#CC1(C(=O)Nc2ccc3[nH]nc(-c4ccnc(C)c4)c3c2)CCN(CC(=O)N2CC=C(C3=CCC=C3)CC2)C1. The van der Waals surface area contributed by atoms with Gasteiger partial charge < -0.3 is 10.2 Å². The van der Waals surface area contributed by atoms with Gasteiger partial charge in [-0.2, -0.15) is 5.10 Å². The molecular formula is C32H32N6O2. The van der Waals surface area contributed by atoms with Crippen LogP contribution in [-0.2, 0) is 9.59 Å². The lowest BCUT2D eigenvalue weighted by Crippen LogP contribution is -2.43. The summed E-state index contributed by atoms with van der Waals surface area (Å²) in [6.45, 7) is 4.48. The van der Waals surface area contributed by atoms with Crippen molar-refractivity contribution in [2.75, 3.05) is 38.0 Å². The van der Waals surface area contributed by atoms with Crippen molar-refractivity contribution in [3.05, 3.63) is 77.7 Å². The summed E-state index contributed by atoms with van der Waals surface area (Å²) in [4.78, 5) is 34.7. The molecular weight excluding hydrogens is 500 g/mol. The van der Waals surface area contributed by atoms with Crippen LogP contribution >= 0.6 is 0 Å². The molecule has 1 atom stereocenters. The molecule has 1 saturated heterocycles. The van der Waals surface area contributed by atoms with E-state index in [1.807, 2.05) is 47.1 Å². The number of aromatic amines is 1. The molecule has 0 bridgehead atoms. The Kier molecular flexibility index (Phi) is 6.82. The molecule has 1 aliphatic carbocycles. The molecule has 0 radical (unpaired) electrons. The van der Waals surface area contributed by atoms with Crippen molar-refractivity contribution < 1.29 is 9.59 Å². The van der Waals surface area contributed by atoms with Crippen molar-refractivity contribution >= 4 is 28.4 Å². The van der Waals surface area contributed by atoms with Gasteiger partial charge in [0.25, 0.3) is 0 Å². The number of pyridine rings is 1. The number of benzene rings is 1. The predicted molar refractivity (Wildman–Crippen MR) is 156 cm³/mol. The van der Waals surface area contributed by atoms with Crippen LogP contribution in [0.2, 0.25) is 0 Å². The van der Waals surface area contributed by atoms with Crippen molar-refractivity contribution in [2.45, 2.75) is 26.2 Å². The molecule has 1 fully saturated rings. The quantitative estimate of drug-likeness (QED) is 0.463. The van der Waals surface area contributed by atoms with E-state index < -0.39 is 5.41 Å². The van der Waals surface area contributed by atoms with Crippen LogP contribution in [0.5, 0.6) is 0 Å². The molecule has 2 aliphatic heterocycles. The van der Waals surface area contributed by atoms with Crippen LogP contribution in [0.3, 0.4) is 0 Å². The van der Waals surface area contributed by atoms with Gasteiger partial charge in [0, 0.05) is 54.7 Å². The number of likely N-dealkylation sites (tertiary alicyclic amines) is 1. The molecule has 8 nitrogen and oxygen atoms in total. The standard InChI is InChI=1S/C32H32N6O2/c1-3-32(13-17-37(21-32)20-29(39)38-15-11-24(12-16-38)23-6-4-5-7-23)31(40)34-26-8-9-28-27(19-26)30(36-35-28)25-10-14-33-22(2)18-25/h1,4,6-11,14,18-19H,5,12-13,15-17,20-21H2,2H3,(H,34,40)(H,35,36). The fraction of sp³-hybridized carbons (Fsp3) is 0.312. The smallest absolute Gasteiger partial charge is 0.244 e. The van der Waals surface area contributed by atoms with Gasteiger partial charge in [0.05, 0.1) is 12.1 Å². The van der Waals surface area contributed by atoms with E-state index in [-0.39, 0.29) is 18.4 Å². The van der Waals surface area contributed by atoms with E-state index in [1.54, 1.807) is 6.20 Å². The van der Waals surface area contributed by atoms with Crippen molar-refractivity contribution in [3.8, 4) is 23.6 Å². The predicted octanol–water partition coefficient (Wildman–Crippen LogP) is 4.24. The lowest BCUT2D eigenvalue weighted by molar-refractivity contribution is -0.132. The number of hydrogen-bond donors (Lipinski definition) is 2. The van der Waals surface area contributed by atoms with Crippen molar-refractivity contribution in [1.82, 2.24) is 25.0 Å². The van der Waals surface area contributed by atoms with Crippen LogP contribution in [0.1, 0.15) is 25.0 Å². The number of hydrogen-bond acceptors (Lipinski definition) is 5. The van der Waals surface area contributed by atoms with Gasteiger partial charge in [-0.3, -0.25) is 24.6 Å². The van der Waals surface area contributed by atoms with Gasteiger partial charge in [-0.05, 0) is 67.7 Å². The zero-order valence-electron chi connectivity index (χ0n) is 22.6. The minimum absolute atomic E-state index is 0.0729. The van der Waals surface area contributed by atoms with Crippen LogP contribution in [-0.4, -0.2) is 69.5 Å². The Morgan fingerprint density at radius 1 is 1.20 bits per heavy atom. The molecule has 4 heterocycles. The average Bonchev–Trinajstić information content (AvgIpc) is 3.73. The number of aromatic nitrogens is 3. The summed E-state index contributed by atoms with van der Waals surface area (Å²) in [6, 6.07) is 9.55. The summed E-state index contributed by atoms with van der Waals surface area (Å²) in [5.74, 6) is 2.62. The number of aryl methyl sites for hydroxylation is 1. The Hall–Kier alpha value is -4.48. The first kappa shape index (κ1) is 25.8. The highest BCUT2D eigenvalue weighted by Gasteiger charge is 2.44. The number of fused-ring (bicyclic) bond motifs is 1. The molecule has 202 valence electrons. The van der Waals surface area contributed by atoms with Gasteiger partial charge in [0.15, 0.2) is 0 Å². The maximum Gasteiger partial charge on any atom is 0.244 e. The Labute approximate surface area is 233 Å². The van der Waals surface area contributed by atoms with Crippen LogP contribution in [0.4, 0.5) is 5.69 Å². The molecule has 1 aromatic carbocycles. The summed E-state index contributed by atoms with van der Waals surface area (Å²) in [5, 5.41) is 11.5. The van der Waals surface area contributed by atoms with Crippen molar-refractivity contribution in [1.29, 1.82) is 0 Å². The number of allylic oxidation sites excluding steroid dienone is 4. The second-order valence-electron chi connectivity index (χ2n) is 10.8. The normalized spacial score (nSPS) is 20.9. The maximum atomic E-state index is 13.5. The summed E-state index contributed by atoms with van der Waals surface area (Å²) >= 11 is 0. The first-order valence-corrected chi connectivity index (χ1v) is 13.7. The van der Waals surface area contributed by atoms with Crippen LogP contribution in [0.25, 0.3) is 22.2 Å². The van der Waals surface area contributed by atoms with E-state index >= 15 is 0 Å². The summed E-state index contributed by atoms with van der Waals surface area (Å²) in [7, 11) is 0. The van der Waals surface area contributed by atoms with E-state index in [4.69, 9.17) is 6.42 Å². The Morgan fingerprint density at radius 2 is 2.10 bits per heavy atom. The fourth-order valence-electron chi connectivity index (χ4n) is 5.79. The number of terminal acetylenes is 1.